The van der Waals surface area contributed by atoms with Crippen LogP contribution in [0.2, 0.25) is 0 Å². The molecule has 4 rings (SSSR count). The third kappa shape index (κ3) is 3.22. The first-order valence-corrected chi connectivity index (χ1v) is 10.3. The van der Waals surface area contributed by atoms with Crippen molar-refractivity contribution in [2.24, 2.45) is 11.8 Å². The van der Waals surface area contributed by atoms with Gasteiger partial charge in [-0.1, -0.05) is 43.9 Å². The molecule has 3 aliphatic rings. The van der Waals surface area contributed by atoms with Gasteiger partial charge in [0, 0.05) is 50.1 Å². The van der Waals surface area contributed by atoms with Gasteiger partial charge < -0.3 is 9.47 Å². The van der Waals surface area contributed by atoms with Gasteiger partial charge in [-0.05, 0) is 24.3 Å². The van der Waals surface area contributed by atoms with Gasteiger partial charge in [-0.3, -0.25) is 14.5 Å². The number of carbonyl (C=O) groups excluding carboxylic acids is 1. The lowest BCUT2D eigenvalue weighted by molar-refractivity contribution is -0.122. The van der Waals surface area contributed by atoms with E-state index in [0.717, 1.165) is 36.7 Å². The molecule has 2 bridgehead atoms. The number of thioether (sulfide) groups is 1. The monoisotopic (exact) mass is 389 g/mol. The van der Waals surface area contributed by atoms with Gasteiger partial charge in [-0.15, -0.1) is 0 Å². The predicted molar refractivity (Wildman–Crippen MR) is 108 cm³/mol. The minimum Gasteiger partial charge on any atom is -0.375 e. The van der Waals surface area contributed by atoms with Crippen LogP contribution in [0.25, 0.3) is 0 Å². The summed E-state index contributed by atoms with van der Waals surface area (Å²) in [5.41, 5.74) is 1.22. The first-order valence-electron chi connectivity index (χ1n) is 9.11. The molecule has 5 nitrogen and oxygen atoms in total. The fraction of sp³-hybridized carbons (Fsp3) is 0.526. The molecule has 2 atom stereocenters. The number of likely N-dealkylation sites (tertiary alicyclic amines) is 1. The van der Waals surface area contributed by atoms with E-state index in [2.05, 4.69) is 24.8 Å². The Bertz CT molecular complexity index is 845. The van der Waals surface area contributed by atoms with Gasteiger partial charge in [0.25, 0.3) is 11.5 Å². The predicted octanol–water partition coefficient (Wildman–Crippen LogP) is 2.63. The van der Waals surface area contributed by atoms with Crippen LogP contribution in [0, 0.1) is 11.8 Å². The highest BCUT2D eigenvalue weighted by atomic mass is 32.2. The molecule has 7 heteroatoms. The standard InChI is InChI=1S/C19H23N3O2S2/c1-12(2)7-22-18(24)16(26-19(22)25)11-20-8-13-6-14(10-20)15-4-3-5-17(23)21(15)9-13/h3-5,11-14H,6-10H2,1-2H3/b16-11-/t13-,14+/m1/s1. The lowest BCUT2D eigenvalue weighted by Crippen LogP contribution is -2.45. The van der Waals surface area contributed by atoms with Crippen molar-refractivity contribution < 1.29 is 4.79 Å². The number of piperidine rings is 1. The van der Waals surface area contributed by atoms with Gasteiger partial charge in [-0.25, -0.2) is 0 Å². The van der Waals surface area contributed by atoms with Crippen molar-refractivity contribution in [3.63, 3.8) is 0 Å². The minimum absolute atomic E-state index is 0.0288. The normalized spacial score (nSPS) is 26.8. The van der Waals surface area contributed by atoms with Crippen molar-refractivity contribution in [1.29, 1.82) is 0 Å². The first-order chi connectivity index (χ1) is 12.4. The molecule has 1 aromatic heterocycles. The van der Waals surface area contributed by atoms with Crippen LogP contribution in [0.5, 0.6) is 0 Å². The van der Waals surface area contributed by atoms with Gasteiger partial charge >= 0.3 is 0 Å². The maximum atomic E-state index is 12.7. The molecule has 4 heterocycles. The van der Waals surface area contributed by atoms with E-state index in [1.54, 1.807) is 11.0 Å². The molecule has 138 valence electrons. The molecule has 1 amide bonds. The van der Waals surface area contributed by atoms with E-state index in [0.29, 0.717) is 28.6 Å². The smallest absolute Gasteiger partial charge is 0.267 e. The first kappa shape index (κ1) is 17.8. The molecule has 0 aliphatic carbocycles. The molecule has 0 unspecified atom stereocenters. The second kappa shape index (κ2) is 6.85. The molecule has 2 saturated heterocycles. The van der Waals surface area contributed by atoms with Crippen molar-refractivity contribution >= 4 is 34.2 Å². The van der Waals surface area contributed by atoms with E-state index >= 15 is 0 Å². The highest BCUT2D eigenvalue weighted by molar-refractivity contribution is 8.26. The third-order valence-corrected chi connectivity index (χ3v) is 6.59. The van der Waals surface area contributed by atoms with Crippen LogP contribution in [0.15, 0.2) is 34.1 Å². The fourth-order valence-corrected chi connectivity index (χ4v) is 5.50. The van der Waals surface area contributed by atoms with Gasteiger partial charge in [0.05, 0.1) is 4.91 Å². The summed E-state index contributed by atoms with van der Waals surface area (Å²) in [7, 11) is 0. The lowest BCUT2D eigenvalue weighted by atomic mass is 9.83. The van der Waals surface area contributed by atoms with Crippen molar-refractivity contribution in [3.05, 3.63) is 45.4 Å². The summed E-state index contributed by atoms with van der Waals surface area (Å²) < 4.78 is 2.59. The van der Waals surface area contributed by atoms with Crippen molar-refractivity contribution in [2.45, 2.75) is 32.7 Å². The van der Waals surface area contributed by atoms with Gasteiger partial charge in [-0.2, -0.15) is 0 Å². The van der Waals surface area contributed by atoms with Crippen LogP contribution in [0.4, 0.5) is 0 Å². The maximum absolute atomic E-state index is 12.7. The SMILES string of the molecule is CC(C)CN1C(=O)/C(=C/N2C[C@H]3C[C@@H](C2)c2cccc(=O)n2C3)SC1=S. The number of hydrogen-bond acceptors (Lipinski definition) is 5. The van der Waals surface area contributed by atoms with Crippen LogP contribution >= 0.6 is 24.0 Å². The van der Waals surface area contributed by atoms with Crippen LogP contribution in [-0.2, 0) is 11.3 Å². The average Bonchev–Trinajstić information content (AvgIpc) is 2.83. The number of carbonyl (C=O) groups is 1. The summed E-state index contributed by atoms with van der Waals surface area (Å²) in [5, 5.41) is 0. The number of amides is 1. The highest BCUT2D eigenvalue weighted by Crippen LogP contribution is 2.37. The summed E-state index contributed by atoms with van der Waals surface area (Å²) >= 11 is 6.80. The van der Waals surface area contributed by atoms with Crippen LogP contribution in [-0.4, -0.2) is 44.2 Å². The van der Waals surface area contributed by atoms with E-state index in [4.69, 9.17) is 12.2 Å². The Morgan fingerprint density at radius 3 is 2.85 bits per heavy atom. The fourth-order valence-electron chi connectivity index (χ4n) is 4.22. The lowest BCUT2D eigenvalue weighted by Gasteiger charge is -2.42. The van der Waals surface area contributed by atoms with Crippen molar-refractivity contribution in [1.82, 2.24) is 14.4 Å². The summed E-state index contributed by atoms with van der Waals surface area (Å²) in [6.45, 7) is 7.34. The number of rotatable bonds is 3. The van der Waals surface area contributed by atoms with E-state index in [-0.39, 0.29) is 11.5 Å². The van der Waals surface area contributed by atoms with E-state index in [1.165, 1.54) is 11.8 Å². The van der Waals surface area contributed by atoms with Crippen LogP contribution in [0.1, 0.15) is 31.9 Å². The average molecular weight is 390 g/mol. The zero-order valence-corrected chi connectivity index (χ0v) is 16.7. The molecule has 3 aliphatic heterocycles. The van der Waals surface area contributed by atoms with Crippen molar-refractivity contribution in [2.75, 3.05) is 19.6 Å². The Balaban J connectivity index is 1.54. The number of pyridine rings is 1. The highest BCUT2D eigenvalue weighted by Gasteiger charge is 2.36. The number of fused-ring (bicyclic) bond motifs is 4. The summed E-state index contributed by atoms with van der Waals surface area (Å²) in [6, 6.07) is 5.56. The molecular formula is C19H23N3O2S2. The number of aromatic nitrogens is 1. The Morgan fingerprint density at radius 1 is 1.27 bits per heavy atom. The Labute approximate surface area is 163 Å². The number of thiocarbonyl (C=S) groups is 1. The van der Waals surface area contributed by atoms with E-state index in [9.17, 15) is 9.59 Å². The molecule has 1 aromatic rings. The van der Waals surface area contributed by atoms with Gasteiger partial charge in [0.2, 0.25) is 0 Å². The zero-order chi connectivity index (χ0) is 18.4. The molecule has 26 heavy (non-hydrogen) atoms. The number of hydrogen-bond donors (Lipinski definition) is 0. The molecule has 0 N–H and O–H groups in total. The summed E-state index contributed by atoms with van der Waals surface area (Å²) in [4.78, 5) is 29.5. The molecule has 0 spiro atoms. The quantitative estimate of drug-likeness (QED) is 0.587. The maximum Gasteiger partial charge on any atom is 0.267 e. The molecule has 0 aromatic carbocycles. The van der Waals surface area contributed by atoms with Crippen LogP contribution < -0.4 is 5.56 Å². The molecule has 0 saturated carbocycles. The largest absolute Gasteiger partial charge is 0.375 e. The van der Waals surface area contributed by atoms with Gasteiger partial charge in [0.15, 0.2) is 0 Å². The molecular weight excluding hydrogens is 366 g/mol. The van der Waals surface area contributed by atoms with Gasteiger partial charge in [0.1, 0.15) is 4.32 Å². The van der Waals surface area contributed by atoms with Crippen LogP contribution in [0.3, 0.4) is 0 Å². The summed E-state index contributed by atoms with van der Waals surface area (Å²) in [6.07, 6.45) is 3.11. The second-order valence-electron chi connectivity index (χ2n) is 7.82. The van der Waals surface area contributed by atoms with E-state index < -0.39 is 0 Å². The molecule has 2 fully saturated rings. The molecule has 0 radical (unpaired) electrons. The second-order valence-corrected chi connectivity index (χ2v) is 9.50. The Morgan fingerprint density at radius 2 is 2.08 bits per heavy atom. The zero-order valence-electron chi connectivity index (χ0n) is 15.1. The Kier molecular flexibility index (Phi) is 4.69. The van der Waals surface area contributed by atoms with E-state index in [1.807, 2.05) is 16.8 Å². The topological polar surface area (TPSA) is 45.6 Å². The minimum atomic E-state index is 0.0288. The van der Waals surface area contributed by atoms with Crippen molar-refractivity contribution in [3.8, 4) is 0 Å². The summed E-state index contributed by atoms with van der Waals surface area (Å²) in [5.74, 6) is 1.20. The number of nitrogens with zero attached hydrogens (tertiary/aromatic N) is 3. The Hall–Kier alpha value is -1.60. The third-order valence-electron chi connectivity index (χ3n) is 5.23.